The quantitative estimate of drug-likeness (QED) is 0.807. The largest absolute Gasteiger partial charge is 0.490 e. The highest BCUT2D eigenvalue weighted by Crippen LogP contribution is 2.28. The molecule has 1 heterocycles. The molecule has 1 atom stereocenters. The molecule has 0 bridgehead atoms. The van der Waals surface area contributed by atoms with Crippen molar-refractivity contribution in [2.24, 2.45) is 0 Å². The molecule has 2 aromatic rings. The first-order valence-electron chi connectivity index (χ1n) is 8.32. The highest BCUT2D eigenvalue weighted by molar-refractivity contribution is 5.95. The summed E-state index contributed by atoms with van der Waals surface area (Å²) in [5, 5.41) is 7.23. The van der Waals surface area contributed by atoms with E-state index < -0.39 is 0 Å². The maximum Gasteiger partial charge on any atom is 0.251 e. The average Bonchev–Trinajstić information content (AvgIpc) is 3.05. The second kappa shape index (κ2) is 8.38. The van der Waals surface area contributed by atoms with Crippen molar-refractivity contribution in [2.45, 2.75) is 40.3 Å². The molecule has 0 saturated carbocycles. The van der Waals surface area contributed by atoms with Crippen LogP contribution >= 0.6 is 0 Å². The molecule has 1 amide bonds. The van der Waals surface area contributed by atoms with Crippen LogP contribution in [0.15, 0.2) is 30.5 Å². The maximum atomic E-state index is 12.5. The number of carbonyl (C=O) groups is 1. The molecular weight excluding hydrogens is 306 g/mol. The normalized spacial score (nSPS) is 11.8. The van der Waals surface area contributed by atoms with E-state index in [2.05, 4.69) is 10.4 Å². The Morgan fingerprint density at radius 3 is 2.54 bits per heavy atom. The molecule has 1 aromatic carbocycles. The molecule has 0 spiro atoms. The van der Waals surface area contributed by atoms with Gasteiger partial charge in [-0.05, 0) is 52.0 Å². The summed E-state index contributed by atoms with van der Waals surface area (Å²) in [5.74, 6) is 1.07. The zero-order valence-corrected chi connectivity index (χ0v) is 14.7. The number of nitrogens with zero attached hydrogens (tertiary/aromatic N) is 2. The molecule has 0 saturated heterocycles. The fourth-order valence-corrected chi connectivity index (χ4v) is 2.52. The molecule has 0 aliphatic rings. The molecule has 1 aromatic heterocycles. The van der Waals surface area contributed by atoms with E-state index >= 15 is 0 Å². The lowest BCUT2D eigenvalue weighted by atomic mass is 10.1. The topological polar surface area (TPSA) is 65.4 Å². The van der Waals surface area contributed by atoms with Crippen LogP contribution in [-0.4, -0.2) is 28.9 Å². The predicted octanol–water partition coefficient (Wildman–Crippen LogP) is 3.19. The highest BCUT2D eigenvalue weighted by Gasteiger charge is 2.16. The van der Waals surface area contributed by atoms with Crippen molar-refractivity contribution in [3.05, 3.63) is 41.7 Å². The fraction of sp³-hybridized carbons (Fsp3) is 0.444. The minimum atomic E-state index is -0.157. The van der Waals surface area contributed by atoms with Gasteiger partial charge in [0.25, 0.3) is 5.91 Å². The first kappa shape index (κ1) is 17.8. The number of carbonyl (C=O) groups excluding carboxylic acids is 1. The number of benzene rings is 1. The first-order valence-corrected chi connectivity index (χ1v) is 8.32. The maximum absolute atomic E-state index is 12.5. The van der Waals surface area contributed by atoms with E-state index in [0.717, 1.165) is 12.2 Å². The van der Waals surface area contributed by atoms with Crippen LogP contribution in [0.5, 0.6) is 11.5 Å². The second-order valence-electron chi connectivity index (χ2n) is 5.29. The zero-order valence-electron chi connectivity index (χ0n) is 14.7. The van der Waals surface area contributed by atoms with Crippen molar-refractivity contribution in [3.8, 4) is 11.5 Å². The Morgan fingerprint density at radius 2 is 1.88 bits per heavy atom. The molecule has 0 radical (unpaired) electrons. The van der Waals surface area contributed by atoms with E-state index in [4.69, 9.17) is 9.47 Å². The van der Waals surface area contributed by atoms with Gasteiger partial charge in [0.1, 0.15) is 0 Å². The standard InChI is InChI=1S/C18H25N3O3/c1-5-21-15(10-11-19-21)13(4)20-18(22)14-8-9-16(23-6-2)17(12-14)24-7-3/h8-13H,5-7H2,1-4H3,(H,20,22). The second-order valence-corrected chi connectivity index (χ2v) is 5.29. The molecule has 0 fully saturated rings. The van der Waals surface area contributed by atoms with Crippen molar-refractivity contribution in [1.29, 1.82) is 0 Å². The zero-order chi connectivity index (χ0) is 17.5. The third kappa shape index (κ3) is 4.07. The molecule has 6 nitrogen and oxygen atoms in total. The number of aromatic nitrogens is 2. The Labute approximate surface area is 142 Å². The van der Waals surface area contributed by atoms with Crippen LogP contribution in [0.1, 0.15) is 49.8 Å². The van der Waals surface area contributed by atoms with Crippen molar-refractivity contribution in [3.63, 3.8) is 0 Å². The van der Waals surface area contributed by atoms with E-state index in [-0.39, 0.29) is 11.9 Å². The van der Waals surface area contributed by atoms with E-state index in [0.29, 0.717) is 30.3 Å². The smallest absolute Gasteiger partial charge is 0.251 e. The van der Waals surface area contributed by atoms with Gasteiger partial charge >= 0.3 is 0 Å². The monoisotopic (exact) mass is 331 g/mol. The molecule has 0 aliphatic carbocycles. The summed E-state index contributed by atoms with van der Waals surface area (Å²) in [7, 11) is 0. The Kier molecular flexibility index (Phi) is 6.23. The lowest BCUT2D eigenvalue weighted by Gasteiger charge is -2.16. The Morgan fingerprint density at radius 1 is 1.17 bits per heavy atom. The summed E-state index contributed by atoms with van der Waals surface area (Å²) in [5.41, 5.74) is 1.51. The van der Waals surface area contributed by atoms with Gasteiger partial charge in [0, 0.05) is 18.3 Å². The minimum Gasteiger partial charge on any atom is -0.490 e. The Bertz CT molecular complexity index is 682. The van der Waals surface area contributed by atoms with Gasteiger partial charge < -0.3 is 14.8 Å². The molecule has 24 heavy (non-hydrogen) atoms. The van der Waals surface area contributed by atoms with Gasteiger partial charge in [0.15, 0.2) is 11.5 Å². The molecule has 0 aliphatic heterocycles. The summed E-state index contributed by atoms with van der Waals surface area (Å²) in [6.45, 7) is 9.59. The third-order valence-electron chi connectivity index (χ3n) is 3.65. The number of hydrogen-bond acceptors (Lipinski definition) is 4. The van der Waals surface area contributed by atoms with Crippen molar-refractivity contribution in [2.75, 3.05) is 13.2 Å². The van der Waals surface area contributed by atoms with Gasteiger partial charge in [-0.3, -0.25) is 9.48 Å². The lowest BCUT2D eigenvalue weighted by molar-refractivity contribution is 0.0937. The van der Waals surface area contributed by atoms with Crippen LogP contribution < -0.4 is 14.8 Å². The highest BCUT2D eigenvalue weighted by atomic mass is 16.5. The Hall–Kier alpha value is -2.50. The average molecular weight is 331 g/mol. The van der Waals surface area contributed by atoms with Crippen LogP contribution in [0.25, 0.3) is 0 Å². The molecule has 130 valence electrons. The molecule has 1 N–H and O–H groups in total. The van der Waals surface area contributed by atoms with Crippen molar-refractivity contribution in [1.82, 2.24) is 15.1 Å². The summed E-state index contributed by atoms with van der Waals surface area (Å²) >= 11 is 0. The van der Waals surface area contributed by atoms with E-state index in [1.807, 2.05) is 38.4 Å². The van der Waals surface area contributed by atoms with Crippen molar-refractivity contribution < 1.29 is 14.3 Å². The van der Waals surface area contributed by atoms with Gasteiger partial charge in [0.2, 0.25) is 0 Å². The number of aryl methyl sites for hydroxylation is 1. The van der Waals surface area contributed by atoms with E-state index in [1.165, 1.54) is 0 Å². The van der Waals surface area contributed by atoms with Gasteiger partial charge in [-0.15, -0.1) is 0 Å². The van der Waals surface area contributed by atoms with E-state index in [1.54, 1.807) is 24.4 Å². The minimum absolute atomic E-state index is 0.137. The third-order valence-corrected chi connectivity index (χ3v) is 3.65. The predicted molar refractivity (Wildman–Crippen MR) is 92.6 cm³/mol. The molecular formula is C18H25N3O3. The van der Waals surface area contributed by atoms with Gasteiger partial charge in [-0.25, -0.2) is 0 Å². The van der Waals surface area contributed by atoms with Crippen molar-refractivity contribution >= 4 is 5.91 Å². The summed E-state index contributed by atoms with van der Waals surface area (Å²) in [4.78, 5) is 12.5. The Balaban J connectivity index is 2.15. The molecule has 2 rings (SSSR count). The molecule has 1 unspecified atom stereocenters. The van der Waals surface area contributed by atoms with E-state index in [9.17, 15) is 4.79 Å². The fourth-order valence-electron chi connectivity index (χ4n) is 2.52. The number of amides is 1. The summed E-state index contributed by atoms with van der Waals surface area (Å²) < 4.78 is 13.0. The van der Waals surface area contributed by atoms with Gasteiger partial charge in [0.05, 0.1) is 24.9 Å². The molecule has 6 heteroatoms. The van der Waals surface area contributed by atoms with Crippen LogP contribution in [0.4, 0.5) is 0 Å². The first-order chi connectivity index (χ1) is 11.6. The lowest BCUT2D eigenvalue weighted by Crippen LogP contribution is -2.28. The van der Waals surface area contributed by atoms with Crippen LogP contribution in [0.3, 0.4) is 0 Å². The number of rotatable bonds is 8. The van der Waals surface area contributed by atoms with Crippen LogP contribution in [0, 0.1) is 0 Å². The van der Waals surface area contributed by atoms with Crippen LogP contribution in [0.2, 0.25) is 0 Å². The number of nitrogens with one attached hydrogen (secondary N) is 1. The van der Waals surface area contributed by atoms with Crippen LogP contribution in [-0.2, 0) is 6.54 Å². The van der Waals surface area contributed by atoms with Gasteiger partial charge in [-0.1, -0.05) is 0 Å². The SMILES string of the molecule is CCOc1ccc(C(=O)NC(C)c2ccnn2CC)cc1OCC. The van der Waals surface area contributed by atoms with Gasteiger partial charge in [-0.2, -0.15) is 5.10 Å². The number of ether oxygens (including phenoxy) is 2. The summed E-state index contributed by atoms with van der Waals surface area (Å²) in [6.07, 6.45) is 1.74. The number of hydrogen-bond donors (Lipinski definition) is 1. The summed E-state index contributed by atoms with van der Waals surface area (Å²) in [6, 6.07) is 7.00.